The first-order chi connectivity index (χ1) is 17.6. The van der Waals surface area contributed by atoms with Crippen LogP contribution in [0.1, 0.15) is 18.4 Å². The Balaban J connectivity index is 1.62. The molecule has 2 heterocycles. The Morgan fingerprint density at radius 3 is 2.54 bits per heavy atom. The predicted molar refractivity (Wildman–Crippen MR) is 137 cm³/mol. The van der Waals surface area contributed by atoms with Gasteiger partial charge in [0.25, 0.3) is 10.0 Å². The molecule has 0 bridgehead atoms. The number of ether oxygens (including phenoxy) is 2. The van der Waals surface area contributed by atoms with Crippen LogP contribution in [0.3, 0.4) is 0 Å². The van der Waals surface area contributed by atoms with Gasteiger partial charge in [-0.25, -0.2) is 26.5 Å². The summed E-state index contributed by atoms with van der Waals surface area (Å²) in [4.78, 5) is 15.9. The van der Waals surface area contributed by atoms with Gasteiger partial charge < -0.3 is 14.4 Å². The fraction of sp³-hybridized carbons (Fsp3) is 0.333. The number of anilines is 2. The Kier molecular flexibility index (Phi) is 8.20. The smallest absolute Gasteiger partial charge is 0.305 e. The number of rotatable bonds is 10. The summed E-state index contributed by atoms with van der Waals surface area (Å²) in [6.45, 7) is 0.626. The number of thiazole rings is 1. The maximum absolute atomic E-state index is 15.5. The van der Waals surface area contributed by atoms with E-state index in [0.29, 0.717) is 30.8 Å². The van der Waals surface area contributed by atoms with E-state index in [1.807, 2.05) is 0 Å². The van der Waals surface area contributed by atoms with Gasteiger partial charge in [0.2, 0.25) is 0 Å². The molecule has 4 rings (SSSR count). The van der Waals surface area contributed by atoms with Crippen LogP contribution in [-0.2, 0) is 26.1 Å². The lowest BCUT2D eigenvalue weighted by atomic mass is 9.94. The number of sulfonamides is 1. The van der Waals surface area contributed by atoms with Crippen molar-refractivity contribution in [3.63, 3.8) is 0 Å². The maximum atomic E-state index is 15.5. The molecule has 0 atom stereocenters. The number of esters is 1. The van der Waals surface area contributed by atoms with Crippen molar-refractivity contribution in [1.82, 2.24) is 4.98 Å². The number of carbonyl (C=O) groups excluding carboxylic acids is 1. The van der Waals surface area contributed by atoms with Crippen molar-refractivity contribution in [1.29, 1.82) is 0 Å². The predicted octanol–water partition coefficient (Wildman–Crippen LogP) is 4.87. The molecule has 0 spiro atoms. The van der Waals surface area contributed by atoms with Crippen LogP contribution < -0.4 is 13.9 Å². The average molecular weight is 572 g/mol. The highest BCUT2D eigenvalue weighted by Crippen LogP contribution is 2.40. The fourth-order valence-corrected chi connectivity index (χ4v) is 6.73. The zero-order chi connectivity index (χ0) is 26.7. The first-order valence-corrected chi connectivity index (χ1v) is 13.9. The Labute approximate surface area is 222 Å². The first-order valence-electron chi connectivity index (χ1n) is 11.2. The van der Waals surface area contributed by atoms with Crippen molar-refractivity contribution in [2.24, 2.45) is 5.92 Å². The zero-order valence-corrected chi connectivity index (χ0v) is 22.4. The molecule has 0 amide bonds. The van der Waals surface area contributed by atoms with Gasteiger partial charge in [-0.2, -0.15) is 0 Å². The van der Waals surface area contributed by atoms with Gasteiger partial charge in [-0.05, 0) is 30.0 Å². The van der Waals surface area contributed by atoms with Crippen LogP contribution in [0, 0.1) is 17.6 Å². The number of aromatic nitrogens is 1. The molecule has 1 saturated heterocycles. The molecule has 13 heteroatoms. The molecule has 3 aromatic rings. The van der Waals surface area contributed by atoms with Crippen molar-refractivity contribution in [3.05, 3.63) is 64.1 Å². The standard InChI is InChI=1S/C24H24ClF2N3O5S2/c1-34-17-6-3-15(4-7-17)14-30(24-28-9-10-36-24)37(32,33)23-18(26)11-19(21(25)22(23)27)29-12-16(13-29)5-8-20(31)35-2/h3-4,6-7,9-11,16H,5,8,12-14H2,1-2H3. The van der Waals surface area contributed by atoms with E-state index >= 15 is 8.78 Å². The molecule has 8 nitrogen and oxygen atoms in total. The Hall–Kier alpha value is -2.96. The maximum Gasteiger partial charge on any atom is 0.305 e. The minimum Gasteiger partial charge on any atom is -0.497 e. The molecule has 37 heavy (non-hydrogen) atoms. The van der Waals surface area contributed by atoms with E-state index < -0.39 is 31.6 Å². The van der Waals surface area contributed by atoms with Crippen molar-refractivity contribution < 1.29 is 31.5 Å². The van der Waals surface area contributed by atoms with Crippen molar-refractivity contribution in [2.45, 2.75) is 24.3 Å². The van der Waals surface area contributed by atoms with Gasteiger partial charge in [-0.1, -0.05) is 23.7 Å². The number of halogens is 3. The third kappa shape index (κ3) is 5.65. The second-order valence-corrected chi connectivity index (χ2v) is 11.4. The van der Waals surface area contributed by atoms with Gasteiger partial charge in [-0.15, -0.1) is 11.3 Å². The largest absolute Gasteiger partial charge is 0.497 e. The van der Waals surface area contributed by atoms with Crippen LogP contribution in [0.25, 0.3) is 0 Å². The average Bonchev–Trinajstić information content (AvgIpc) is 3.38. The second kappa shape index (κ2) is 11.2. The normalized spacial score (nSPS) is 13.8. The van der Waals surface area contributed by atoms with Gasteiger partial charge >= 0.3 is 5.97 Å². The molecular formula is C24H24ClF2N3O5S2. The molecular weight excluding hydrogens is 548 g/mol. The topological polar surface area (TPSA) is 89.0 Å². The SMILES string of the molecule is COC(=O)CCC1CN(c2cc(F)c(S(=O)(=O)N(Cc3ccc(OC)cc3)c3nccs3)c(F)c2Cl)C1. The molecule has 1 aliphatic heterocycles. The van der Waals surface area contributed by atoms with Gasteiger partial charge in [-0.3, -0.25) is 4.79 Å². The van der Waals surface area contributed by atoms with Crippen molar-refractivity contribution in [2.75, 3.05) is 36.5 Å². The van der Waals surface area contributed by atoms with E-state index in [-0.39, 0.29) is 35.7 Å². The summed E-state index contributed by atoms with van der Waals surface area (Å²) >= 11 is 7.25. The number of nitrogens with zero attached hydrogens (tertiary/aromatic N) is 3. The van der Waals surface area contributed by atoms with Crippen LogP contribution in [0.2, 0.25) is 5.02 Å². The number of hydrogen-bond acceptors (Lipinski definition) is 8. The fourth-order valence-electron chi connectivity index (χ4n) is 4.01. The summed E-state index contributed by atoms with van der Waals surface area (Å²) in [6.07, 6.45) is 2.20. The lowest BCUT2D eigenvalue weighted by molar-refractivity contribution is -0.141. The van der Waals surface area contributed by atoms with Gasteiger partial charge in [0.1, 0.15) is 16.6 Å². The Morgan fingerprint density at radius 2 is 1.95 bits per heavy atom. The van der Waals surface area contributed by atoms with E-state index in [2.05, 4.69) is 9.72 Å². The van der Waals surface area contributed by atoms with Crippen molar-refractivity contribution >= 4 is 49.7 Å². The van der Waals surface area contributed by atoms with E-state index in [0.717, 1.165) is 21.7 Å². The first kappa shape index (κ1) is 27.1. The Morgan fingerprint density at radius 1 is 1.24 bits per heavy atom. The highest BCUT2D eigenvalue weighted by Gasteiger charge is 2.37. The van der Waals surface area contributed by atoms with Crippen LogP contribution in [0.5, 0.6) is 5.75 Å². The molecule has 0 N–H and O–H groups in total. The van der Waals surface area contributed by atoms with E-state index in [9.17, 15) is 13.2 Å². The lowest BCUT2D eigenvalue weighted by Gasteiger charge is -2.41. The molecule has 0 aliphatic carbocycles. The second-order valence-electron chi connectivity index (χ2n) is 8.39. The third-order valence-electron chi connectivity index (χ3n) is 6.05. The molecule has 198 valence electrons. The molecule has 1 aliphatic rings. The monoisotopic (exact) mass is 571 g/mol. The molecule has 1 fully saturated rings. The zero-order valence-electron chi connectivity index (χ0n) is 20.0. The lowest BCUT2D eigenvalue weighted by Crippen LogP contribution is -2.47. The van der Waals surface area contributed by atoms with E-state index in [4.69, 9.17) is 16.3 Å². The summed E-state index contributed by atoms with van der Waals surface area (Å²) < 4.78 is 68.6. The molecule has 0 unspecified atom stereocenters. The van der Waals surface area contributed by atoms with Gasteiger partial charge in [0.05, 0.1) is 26.5 Å². The summed E-state index contributed by atoms with van der Waals surface area (Å²) in [7, 11) is -1.93. The quantitative estimate of drug-likeness (QED) is 0.253. The Bertz CT molecular complexity index is 1370. The summed E-state index contributed by atoms with van der Waals surface area (Å²) in [5, 5.41) is 1.12. The van der Waals surface area contributed by atoms with Crippen LogP contribution in [0.4, 0.5) is 19.6 Å². The van der Waals surface area contributed by atoms with Gasteiger partial charge in [0, 0.05) is 37.2 Å². The minimum absolute atomic E-state index is 0.0472. The van der Waals surface area contributed by atoms with Crippen LogP contribution >= 0.6 is 22.9 Å². The van der Waals surface area contributed by atoms with Gasteiger partial charge in [0.15, 0.2) is 15.8 Å². The van der Waals surface area contributed by atoms with Crippen LogP contribution in [0.15, 0.2) is 46.8 Å². The summed E-state index contributed by atoms with van der Waals surface area (Å²) in [6, 6.07) is 7.54. The molecule has 2 aromatic carbocycles. The van der Waals surface area contributed by atoms with E-state index in [1.54, 1.807) is 34.5 Å². The van der Waals surface area contributed by atoms with Crippen molar-refractivity contribution in [3.8, 4) is 5.75 Å². The van der Waals surface area contributed by atoms with Crippen LogP contribution in [-0.4, -0.2) is 46.7 Å². The highest BCUT2D eigenvalue weighted by molar-refractivity contribution is 7.93. The molecule has 0 saturated carbocycles. The molecule has 1 aromatic heterocycles. The highest BCUT2D eigenvalue weighted by atomic mass is 35.5. The minimum atomic E-state index is -4.74. The van der Waals surface area contributed by atoms with E-state index in [1.165, 1.54) is 20.4 Å². The number of methoxy groups -OCH3 is 2. The summed E-state index contributed by atoms with van der Waals surface area (Å²) in [5.41, 5.74) is 0.613. The third-order valence-corrected chi connectivity index (χ3v) is 9.09. The number of carbonyl (C=O) groups is 1. The number of hydrogen-bond donors (Lipinski definition) is 0. The molecule has 0 radical (unpaired) electrons. The summed E-state index contributed by atoms with van der Waals surface area (Å²) in [5.74, 6) is -2.26. The number of benzene rings is 2.